The van der Waals surface area contributed by atoms with Crippen molar-refractivity contribution in [3.05, 3.63) is 47.0 Å². The highest BCUT2D eigenvalue weighted by Gasteiger charge is 2.05. The van der Waals surface area contributed by atoms with Crippen LogP contribution in [0.1, 0.15) is 25.2 Å². The number of benzene rings is 1. The predicted octanol–water partition coefficient (Wildman–Crippen LogP) is 3.15. The number of hydrogen-bond acceptors (Lipinski definition) is 3. The predicted molar refractivity (Wildman–Crippen MR) is 81.0 cm³/mol. The number of nitrogens with zero attached hydrogens (tertiary/aromatic N) is 2. The first kappa shape index (κ1) is 14.9. The lowest BCUT2D eigenvalue weighted by Gasteiger charge is -2.10. The van der Waals surface area contributed by atoms with E-state index in [1.807, 2.05) is 23.7 Å². The maximum absolute atomic E-state index is 5.93. The maximum Gasteiger partial charge on any atom is 0.147 e. The van der Waals surface area contributed by atoms with E-state index in [0.29, 0.717) is 17.8 Å². The highest BCUT2D eigenvalue weighted by Crippen LogP contribution is 2.15. The summed E-state index contributed by atoms with van der Waals surface area (Å²) in [5.74, 6) is 1.64. The minimum absolute atomic E-state index is 0.410. The number of rotatable bonds is 6. The Balaban J connectivity index is 1.89. The van der Waals surface area contributed by atoms with E-state index in [2.05, 4.69) is 36.3 Å². The van der Waals surface area contributed by atoms with Gasteiger partial charge in [-0.1, -0.05) is 37.6 Å². The summed E-state index contributed by atoms with van der Waals surface area (Å²) in [7, 11) is 1.87. The molecule has 0 aliphatic heterocycles. The van der Waals surface area contributed by atoms with Crippen LogP contribution in [0, 0.1) is 0 Å². The van der Waals surface area contributed by atoms with Gasteiger partial charge in [0.1, 0.15) is 23.3 Å². The van der Waals surface area contributed by atoms with Crippen LogP contribution < -0.4 is 10.1 Å². The fraction of sp³-hybridized carbons (Fsp3) is 0.400. The molecule has 1 N–H and O–H groups in total. The quantitative estimate of drug-likeness (QED) is 0.889. The minimum Gasteiger partial charge on any atom is -0.486 e. The number of ether oxygens (including phenoxy) is 1. The van der Waals surface area contributed by atoms with Crippen molar-refractivity contribution < 1.29 is 4.74 Å². The van der Waals surface area contributed by atoms with Crippen molar-refractivity contribution in [3.8, 4) is 5.75 Å². The van der Waals surface area contributed by atoms with Crippen molar-refractivity contribution in [3.63, 3.8) is 0 Å². The molecule has 0 amide bonds. The molecule has 0 fully saturated rings. The molecule has 2 rings (SSSR count). The zero-order valence-corrected chi connectivity index (χ0v) is 12.8. The SMILES string of the molecule is CC(C)NCc1ccc(OCc2ncc(Cl)n2C)cc1. The number of hydrogen-bond donors (Lipinski definition) is 1. The Bertz CT molecular complexity index is 549. The number of aromatic nitrogens is 2. The first-order valence-corrected chi connectivity index (χ1v) is 7.05. The lowest BCUT2D eigenvalue weighted by molar-refractivity contribution is 0.291. The van der Waals surface area contributed by atoms with Crippen LogP contribution in [0.3, 0.4) is 0 Å². The third kappa shape index (κ3) is 3.99. The van der Waals surface area contributed by atoms with E-state index in [-0.39, 0.29) is 0 Å². The van der Waals surface area contributed by atoms with E-state index in [0.717, 1.165) is 18.1 Å². The Hall–Kier alpha value is -1.52. The first-order chi connectivity index (χ1) is 9.56. The van der Waals surface area contributed by atoms with E-state index < -0.39 is 0 Å². The highest BCUT2D eigenvalue weighted by molar-refractivity contribution is 6.29. The summed E-state index contributed by atoms with van der Waals surface area (Å²) in [6.45, 7) is 5.55. The lowest BCUT2D eigenvalue weighted by atomic mass is 10.2. The molecule has 0 saturated heterocycles. The fourth-order valence-electron chi connectivity index (χ4n) is 1.73. The Labute approximate surface area is 124 Å². The summed E-state index contributed by atoms with van der Waals surface area (Å²) in [4.78, 5) is 4.19. The van der Waals surface area contributed by atoms with Gasteiger partial charge in [-0.3, -0.25) is 0 Å². The molecule has 20 heavy (non-hydrogen) atoms. The molecular formula is C15H20ClN3O. The van der Waals surface area contributed by atoms with Crippen LogP contribution in [0.5, 0.6) is 5.75 Å². The van der Waals surface area contributed by atoms with Crippen molar-refractivity contribution in [2.75, 3.05) is 0 Å². The van der Waals surface area contributed by atoms with Gasteiger partial charge in [0, 0.05) is 19.6 Å². The normalized spacial score (nSPS) is 11.1. The molecule has 4 nitrogen and oxygen atoms in total. The van der Waals surface area contributed by atoms with Crippen molar-refractivity contribution >= 4 is 11.6 Å². The van der Waals surface area contributed by atoms with Crippen LogP contribution in [-0.4, -0.2) is 15.6 Å². The standard InChI is InChI=1S/C15H20ClN3O/c1-11(2)17-8-12-4-6-13(7-5-12)20-10-15-18-9-14(16)19(15)3/h4-7,9,11,17H,8,10H2,1-3H3. The first-order valence-electron chi connectivity index (χ1n) is 6.67. The monoisotopic (exact) mass is 293 g/mol. The van der Waals surface area contributed by atoms with Crippen molar-refractivity contribution in [2.45, 2.75) is 33.0 Å². The largest absolute Gasteiger partial charge is 0.486 e. The van der Waals surface area contributed by atoms with Crippen LogP contribution in [0.25, 0.3) is 0 Å². The van der Waals surface area contributed by atoms with Gasteiger partial charge in [-0.2, -0.15) is 0 Å². The van der Waals surface area contributed by atoms with Gasteiger partial charge in [-0.05, 0) is 17.7 Å². The Kier molecular flexibility index (Phi) is 5.04. The average molecular weight is 294 g/mol. The van der Waals surface area contributed by atoms with Gasteiger partial charge in [0.05, 0.1) is 6.20 Å². The molecule has 0 unspecified atom stereocenters. The molecule has 5 heteroatoms. The van der Waals surface area contributed by atoms with Gasteiger partial charge < -0.3 is 14.6 Å². The van der Waals surface area contributed by atoms with Crippen molar-refractivity contribution in [1.82, 2.24) is 14.9 Å². The van der Waals surface area contributed by atoms with Crippen LogP contribution in [0.4, 0.5) is 0 Å². The van der Waals surface area contributed by atoms with Gasteiger partial charge in [-0.15, -0.1) is 0 Å². The molecule has 0 saturated carbocycles. The molecule has 0 spiro atoms. The van der Waals surface area contributed by atoms with E-state index >= 15 is 0 Å². The Morgan fingerprint density at radius 2 is 2.00 bits per heavy atom. The van der Waals surface area contributed by atoms with Crippen LogP contribution in [0.2, 0.25) is 5.15 Å². The summed E-state index contributed by atoms with van der Waals surface area (Å²) < 4.78 is 7.51. The van der Waals surface area contributed by atoms with E-state index in [1.54, 1.807) is 6.20 Å². The second-order valence-electron chi connectivity index (χ2n) is 5.02. The highest BCUT2D eigenvalue weighted by atomic mass is 35.5. The van der Waals surface area contributed by atoms with E-state index in [4.69, 9.17) is 16.3 Å². The summed E-state index contributed by atoms with van der Waals surface area (Å²) in [5, 5.41) is 3.99. The molecule has 1 aromatic carbocycles. The number of imidazole rings is 1. The molecule has 0 radical (unpaired) electrons. The smallest absolute Gasteiger partial charge is 0.147 e. The fourth-order valence-corrected chi connectivity index (χ4v) is 1.88. The topological polar surface area (TPSA) is 39.1 Å². The molecule has 1 heterocycles. The van der Waals surface area contributed by atoms with Gasteiger partial charge >= 0.3 is 0 Å². The number of nitrogens with one attached hydrogen (secondary N) is 1. The Morgan fingerprint density at radius 3 is 2.55 bits per heavy atom. The van der Waals surface area contributed by atoms with Crippen molar-refractivity contribution in [2.24, 2.45) is 7.05 Å². The molecular weight excluding hydrogens is 274 g/mol. The summed E-state index contributed by atoms with van der Waals surface area (Å²) in [6, 6.07) is 8.56. The van der Waals surface area contributed by atoms with Gasteiger partial charge in [-0.25, -0.2) is 4.98 Å². The lowest BCUT2D eigenvalue weighted by Crippen LogP contribution is -2.21. The van der Waals surface area contributed by atoms with Crippen LogP contribution in [0.15, 0.2) is 30.5 Å². The van der Waals surface area contributed by atoms with E-state index in [1.165, 1.54) is 5.56 Å². The van der Waals surface area contributed by atoms with Crippen LogP contribution >= 0.6 is 11.6 Å². The molecule has 1 aromatic heterocycles. The zero-order valence-electron chi connectivity index (χ0n) is 12.1. The third-order valence-electron chi connectivity index (χ3n) is 3.03. The summed E-state index contributed by atoms with van der Waals surface area (Å²) in [6.07, 6.45) is 1.63. The minimum atomic E-state index is 0.410. The second kappa shape index (κ2) is 6.77. The summed E-state index contributed by atoms with van der Waals surface area (Å²) in [5.41, 5.74) is 1.24. The molecule has 0 atom stereocenters. The van der Waals surface area contributed by atoms with Crippen LogP contribution in [-0.2, 0) is 20.2 Å². The third-order valence-corrected chi connectivity index (χ3v) is 3.38. The summed E-state index contributed by atoms with van der Waals surface area (Å²) >= 11 is 5.93. The molecule has 0 aliphatic carbocycles. The zero-order chi connectivity index (χ0) is 14.5. The van der Waals surface area contributed by atoms with Gasteiger partial charge in [0.15, 0.2) is 0 Å². The second-order valence-corrected chi connectivity index (χ2v) is 5.41. The molecule has 0 aliphatic rings. The van der Waals surface area contributed by atoms with Gasteiger partial charge in [0.25, 0.3) is 0 Å². The molecule has 0 bridgehead atoms. The average Bonchev–Trinajstić information content (AvgIpc) is 2.75. The molecule has 108 valence electrons. The number of halogens is 1. The molecule has 2 aromatic rings. The van der Waals surface area contributed by atoms with E-state index in [9.17, 15) is 0 Å². The van der Waals surface area contributed by atoms with Gasteiger partial charge in [0.2, 0.25) is 0 Å². The van der Waals surface area contributed by atoms with Crippen molar-refractivity contribution in [1.29, 1.82) is 0 Å². The Morgan fingerprint density at radius 1 is 1.30 bits per heavy atom. The maximum atomic E-state index is 5.93.